The highest BCUT2D eigenvalue weighted by molar-refractivity contribution is 7.93. The molecule has 0 amide bonds. The molecule has 0 fully saturated rings. The van der Waals surface area contributed by atoms with E-state index in [2.05, 4.69) is 12.1 Å². The second kappa shape index (κ2) is 5.21. The van der Waals surface area contributed by atoms with Crippen LogP contribution in [0.1, 0.15) is 0 Å². The van der Waals surface area contributed by atoms with E-state index in [1.165, 1.54) is 0 Å². The lowest BCUT2D eigenvalue weighted by atomic mass is 10.8. The third-order valence-electron chi connectivity index (χ3n) is 0.536. The van der Waals surface area contributed by atoms with Crippen molar-refractivity contribution >= 4 is 21.7 Å². The van der Waals surface area contributed by atoms with E-state index in [4.69, 9.17) is 6.42 Å². The molecule has 0 N–H and O–H groups in total. The average molecular weight is 215 g/mol. The molecule has 0 aromatic rings. The second-order valence-corrected chi connectivity index (χ2v) is 3.76. The molecule has 0 heterocycles. The SMILES string of the molecule is C#CCOS(=NS(=O)(=O)F)OC. The van der Waals surface area contributed by atoms with E-state index in [-0.39, 0.29) is 6.61 Å². The highest BCUT2D eigenvalue weighted by Gasteiger charge is 2.06. The molecule has 0 aliphatic heterocycles. The molecule has 12 heavy (non-hydrogen) atoms. The summed E-state index contributed by atoms with van der Waals surface area (Å²) < 4.78 is 43.1. The van der Waals surface area contributed by atoms with Gasteiger partial charge in [0.05, 0.1) is 7.11 Å². The fraction of sp³-hybridized carbons (Fsp3) is 0.500. The van der Waals surface area contributed by atoms with Gasteiger partial charge < -0.3 is 0 Å². The number of nitrogens with zero attached hydrogens (tertiary/aromatic N) is 1. The van der Waals surface area contributed by atoms with E-state index in [1.807, 2.05) is 5.92 Å². The van der Waals surface area contributed by atoms with Crippen LogP contribution >= 0.6 is 0 Å². The summed E-state index contributed by atoms with van der Waals surface area (Å²) in [4.78, 5) is 0. The van der Waals surface area contributed by atoms with Crippen molar-refractivity contribution < 1.29 is 20.7 Å². The van der Waals surface area contributed by atoms with Gasteiger partial charge in [-0.15, -0.1) is 6.42 Å². The van der Waals surface area contributed by atoms with Crippen LogP contribution in [0.25, 0.3) is 0 Å². The quantitative estimate of drug-likeness (QED) is 0.494. The molecule has 1 unspecified atom stereocenters. The Balaban J connectivity index is 4.37. The van der Waals surface area contributed by atoms with E-state index in [9.17, 15) is 12.3 Å². The van der Waals surface area contributed by atoms with Crippen molar-refractivity contribution in [1.29, 1.82) is 0 Å². The van der Waals surface area contributed by atoms with E-state index < -0.39 is 21.7 Å². The van der Waals surface area contributed by atoms with E-state index >= 15 is 0 Å². The zero-order chi connectivity index (χ0) is 9.61. The first kappa shape index (κ1) is 11.5. The smallest absolute Gasteiger partial charge is 0.287 e. The van der Waals surface area contributed by atoms with Gasteiger partial charge in [0, 0.05) is 0 Å². The molecule has 0 saturated carbocycles. The van der Waals surface area contributed by atoms with Crippen molar-refractivity contribution in [2.45, 2.75) is 0 Å². The first-order valence-electron chi connectivity index (χ1n) is 2.53. The Kier molecular flexibility index (Phi) is 5.00. The zero-order valence-electron chi connectivity index (χ0n) is 6.06. The molecule has 1 atom stereocenters. The first-order valence-corrected chi connectivity index (χ1v) is 4.90. The molecule has 8 heteroatoms. The van der Waals surface area contributed by atoms with Crippen LogP contribution in [0, 0.1) is 12.3 Å². The molecule has 0 aliphatic carbocycles. The maximum atomic E-state index is 11.9. The molecule has 70 valence electrons. The Hall–Kier alpha value is -0.490. The van der Waals surface area contributed by atoms with Gasteiger partial charge in [-0.1, -0.05) is 13.6 Å². The molecule has 5 nitrogen and oxygen atoms in total. The van der Waals surface area contributed by atoms with Crippen LogP contribution in [0.3, 0.4) is 0 Å². The summed E-state index contributed by atoms with van der Waals surface area (Å²) in [7, 11) is -3.83. The minimum atomic E-state index is -4.95. The van der Waals surface area contributed by atoms with Crippen LogP contribution in [0.15, 0.2) is 3.77 Å². The molecule has 0 aromatic carbocycles. The van der Waals surface area contributed by atoms with Gasteiger partial charge >= 0.3 is 10.4 Å². The van der Waals surface area contributed by atoms with Gasteiger partial charge in [0.25, 0.3) is 0 Å². The van der Waals surface area contributed by atoms with Crippen LogP contribution in [0.5, 0.6) is 0 Å². The number of hydrogen-bond donors (Lipinski definition) is 0. The van der Waals surface area contributed by atoms with Crippen LogP contribution in [0.2, 0.25) is 0 Å². The van der Waals surface area contributed by atoms with Crippen LogP contribution in [0.4, 0.5) is 3.89 Å². The zero-order valence-corrected chi connectivity index (χ0v) is 7.69. The van der Waals surface area contributed by atoms with Crippen LogP contribution in [-0.4, -0.2) is 22.1 Å². The molecular formula is C4H6FNO4S2. The number of halogens is 1. The minimum absolute atomic E-state index is 0.198. The Labute approximate surface area is 72.7 Å². The Morgan fingerprint density at radius 3 is 2.67 bits per heavy atom. The average Bonchev–Trinajstić information content (AvgIpc) is 1.95. The van der Waals surface area contributed by atoms with Crippen molar-refractivity contribution in [3.05, 3.63) is 0 Å². The fourth-order valence-electron chi connectivity index (χ4n) is 0.257. The van der Waals surface area contributed by atoms with Crippen LogP contribution < -0.4 is 0 Å². The Morgan fingerprint density at radius 2 is 2.33 bits per heavy atom. The second-order valence-electron chi connectivity index (χ2n) is 1.34. The van der Waals surface area contributed by atoms with Gasteiger partial charge in [0.1, 0.15) is 6.61 Å². The summed E-state index contributed by atoms with van der Waals surface area (Å²) in [6.45, 7) is -0.198. The molecule has 0 saturated heterocycles. The first-order chi connectivity index (χ1) is 5.49. The van der Waals surface area contributed by atoms with E-state index in [0.29, 0.717) is 0 Å². The largest absolute Gasteiger partial charge is 0.427 e. The molecule has 0 aliphatic rings. The third kappa shape index (κ3) is 6.23. The van der Waals surface area contributed by atoms with Gasteiger partial charge in [-0.2, -0.15) is 8.42 Å². The predicted octanol–water partition coefficient (Wildman–Crippen LogP) is 0.129. The summed E-state index contributed by atoms with van der Waals surface area (Å²) in [6.07, 6.45) is 4.78. The minimum Gasteiger partial charge on any atom is -0.287 e. The lowest BCUT2D eigenvalue weighted by Crippen LogP contribution is -2.01. The van der Waals surface area contributed by atoms with E-state index in [0.717, 1.165) is 7.11 Å². The lowest BCUT2D eigenvalue weighted by Gasteiger charge is -1.99. The summed E-state index contributed by atoms with van der Waals surface area (Å²) >= 11 is -1.78. The predicted molar refractivity (Wildman–Crippen MR) is 41.6 cm³/mol. The van der Waals surface area contributed by atoms with Gasteiger partial charge in [0.15, 0.2) is 11.3 Å². The van der Waals surface area contributed by atoms with Gasteiger partial charge in [-0.05, 0) is 0 Å². The van der Waals surface area contributed by atoms with Crippen molar-refractivity contribution in [2.75, 3.05) is 13.7 Å². The van der Waals surface area contributed by atoms with Gasteiger partial charge in [-0.3, -0.25) is 8.37 Å². The van der Waals surface area contributed by atoms with Gasteiger partial charge in [-0.25, -0.2) is 0 Å². The van der Waals surface area contributed by atoms with Crippen molar-refractivity contribution in [1.82, 2.24) is 0 Å². The number of hydrogen-bond acceptors (Lipinski definition) is 4. The number of rotatable bonds is 4. The summed E-state index contributed by atoms with van der Waals surface area (Å²) in [6, 6.07) is 0. The lowest BCUT2D eigenvalue weighted by molar-refractivity contribution is 0.343. The summed E-state index contributed by atoms with van der Waals surface area (Å²) in [5, 5.41) is 0. The Bertz CT molecular complexity index is 304. The van der Waals surface area contributed by atoms with Crippen molar-refractivity contribution in [3.63, 3.8) is 0 Å². The monoisotopic (exact) mass is 215 g/mol. The van der Waals surface area contributed by atoms with E-state index in [1.54, 1.807) is 0 Å². The summed E-state index contributed by atoms with van der Waals surface area (Å²) in [5.74, 6) is 2.05. The molecular weight excluding hydrogens is 209 g/mol. The van der Waals surface area contributed by atoms with Crippen LogP contribution in [-0.2, 0) is 30.0 Å². The normalized spacial score (nSPS) is 14.1. The van der Waals surface area contributed by atoms with Crippen molar-refractivity contribution in [2.24, 2.45) is 3.77 Å². The number of terminal acetylenes is 1. The van der Waals surface area contributed by atoms with Crippen molar-refractivity contribution in [3.8, 4) is 12.3 Å². The maximum Gasteiger partial charge on any atom is 0.427 e. The fourth-order valence-corrected chi connectivity index (χ4v) is 1.52. The maximum absolute atomic E-state index is 11.9. The van der Waals surface area contributed by atoms with Gasteiger partial charge in [0.2, 0.25) is 0 Å². The third-order valence-corrected chi connectivity index (χ3v) is 2.34. The topological polar surface area (TPSA) is 65.0 Å². The highest BCUT2D eigenvalue weighted by atomic mass is 32.3. The standard InChI is InChI=1S/C4H6FNO4S2/c1-3-4-10-11(9-2)6-12(5,7)8/h1H,4H2,2H3. The molecule has 0 spiro atoms. The summed E-state index contributed by atoms with van der Waals surface area (Å²) in [5.41, 5.74) is 0. The molecule has 0 aromatic heterocycles. The molecule has 0 rings (SSSR count). The Morgan fingerprint density at radius 1 is 1.75 bits per heavy atom. The molecule has 0 bridgehead atoms. The highest BCUT2D eigenvalue weighted by Crippen LogP contribution is 2.00. The molecule has 0 radical (unpaired) electrons.